The van der Waals surface area contributed by atoms with Gasteiger partial charge in [-0.05, 0) is 13.0 Å². The predicted octanol–water partition coefficient (Wildman–Crippen LogP) is 3.25. The number of nitriles is 1. The quantitative estimate of drug-likeness (QED) is 0.805. The van der Waals surface area contributed by atoms with Crippen molar-refractivity contribution in [3.63, 3.8) is 0 Å². The standard InChI is InChI=1S/C10H8BrF3N2O/c1-6-9(17-10(12,13)14)7(5-11)4-8(16-6)2-3-15/h4H,2,5H2,1H3. The van der Waals surface area contributed by atoms with E-state index in [1.54, 1.807) is 0 Å². The van der Waals surface area contributed by atoms with E-state index in [0.29, 0.717) is 11.3 Å². The second-order valence-corrected chi connectivity index (χ2v) is 3.76. The Morgan fingerprint density at radius 1 is 1.53 bits per heavy atom. The smallest absolute Gasteiger partial charge is 0.404 e. The molecule has 0 saturated heterocycles. The third-order valence-corrected chi connectivity index (χ3v) is 2.50. The molecule has 0 bridgehead atoms. The molecule has 3 nitrogen and oxygen atoms in total. The maximum Gasteiger partial charge on any atom is 0.573 e. The summed E-state index contributed by atoms with van der Waals surface area (Å²) >= 11 is 3.08. The molecule has 0 atom stereocenters. The summed E-state index contributed by atoms with van der Waals surface area (Å²) in [5.41, 5.74) is 0.860. The largest absolute Gasteiger partial charge is 0.573 e. The average Bonchev–Trinajstić information content (AvgIpc) is 2.20. The first-order valence-electron chi connectivity index (χ1n) is 4.55. The van der Waals surface area contributed by atoms with Crippen molar-refractivity contribution in [1.82, 2.24) is 4.98 Å². The summed E-state index contributed by atoms with van der Waals surface area (Å²) in [4.78, 5) is 3.89. The van der Waals surface area contributed by atoms with Crippen LogP contribution in [0.15, 0.2) is 6.07 Å². The van der Waals surface area contributed by atoms with Crippen molar-refractivity contribution in [3.8, 4) is 11.8 Å². The van der Waals surface area contributed by atoms with Crippen molar-refractivity contribution in [2.24, 2.45) is 0 Å². The molecule has 17 heavy (non-hydrogen) atoms. The monoisotopic (exact) mass is 308 g/mol. The number of hydrogen-bond acceptors (Lipinski definition) is 3. The van der Waals surface area contributed by atoms with Gasteiger partial charge in [0.15, 0.2) is 5.75 Å². The molecule has 0 radical (unpaired) electrons. The second-order valence-electron chi connectivity index (χ2n) is 3.20. The summed E-state index contributed by atoms with van der Waals surface area (Å²) in [6, 6.07) is 3.31. The van der Waals surface area contributed by atoms with Crippen molar-refractivity contribution in [3.05, 3.63) is 23.0 Å². The lowest BCUT2D eigenvalue weighted by molar-refractivity contribution is -0.275. The SMILES string of the molecule is Cc1nc(CC#N)cc(CBr)c1OC(F)(F)F. The van der Waals surface area contributed by atoms with Crippen molar-refractivity contribution < 1.29 is 17.9 Å². The lowest BCUT2D eigenvalue weighted by Crippen LogP contribution is -2.19. The van der Waals surface area contributed by atoms with Crippen molar-refractivity contribution in [2.45, 2.75) is 25.0 Å². The van der Waals surface area contributed by atoms with Crippen molar-refractivity contribution >= 4 is 15.9 Å². The minimum Gasteiger partial charge on any atom is -0.404 e. The molecule has 0 fully saturated rings. The van der Waals surface area contributed by atoms with Crippen LogP contribution in [0.2, 0.25) is 0 Å². The van der Waals surface area contributed by atoms with Crippen LogP contribution in [0.4, 0.5) is 13.2 Å². The van der Waals surface area contributed by atoms with Crippen molar-refractivity contribution in [2.75, 3.05) is 0 Å². The van der Waals surface area contributed by atoms with Gasteiger partial charge in [0.05, 0.1) is 23.9 Å². The maximum atomic E-state index is 12.2. The summed E-state index contributed by atoms with van der Waals surface area (Å²) in [6.07, 6.45) is -4.70. The van der Waals surface area contributed by atoms with Crippen LogP contribution in [-0.2, 0) is 11.8 Å². The molecule has 0 N–H and O–H groups in total. The molecule has 0 saturated carbocycles. The number of aryl methyl sites for hydroxylation is 1. The van der Waals surface area contributed by atoms with Gasteiger partial charge in [-0.2, -0.15) is 5.26 Å². The number of hydrogen-bond donors (Lipinski definition) is 0. The number of nitrogens with zero attached hydrogens (tertiary/aromatic N) is 2. The Kier molecular flexibility index (Phi) is 4.34. The Bertz CT molecular complexity index is 454. The van der Waals surface area contributed by atoms with Crippen LogP contribution in [0.1, 0.15) is 17.0 Å². The van der Waals surface area contributed by atoms with E-state index in [1.165, 1.54) is 13.0 Å². The lowest BCUT2D eigenvalue weighted by atomic mass is 10.1. The second kappa shape index (κ2) is 5.36. The molecule has 0 spiro atoms. The Balaban J connectivity index is 3.17. The summed E-state index contributed by atoms with van der Waals surface area (Å²) in [6.45, 7) is 1.41. The highest BCUT2D eigenvalue weighted by molar-refractivity contribution is 9.08. The fraction of sp³-hybridized carbons (Fsp3) is 0.400. The number of ether oxygens (including phenoxy) is 1. The molecule has 7 heteroatoms. The molecule has 0 aliphatic heterocycles. The summed E-state index contributed by atoms with van der Waals surface area (Å²) < 4.78 is 40.4. The minimum absolute atomic E-state index is 0.0487. The lowest BCUT2D eigenvalue weighted by Gasteiger charge is -2.14. The fourth-order valence-corrected chi connectivity index (χ4v) is 1.74. The Hall–Kier alpha value is -1.29. The van der Waals surface area contributed by atoms with Gasteiger partial charge in [0, 0.05) is 10.9 Å². The number of halogens is 4. The van der Waals surface area contributed by atoms with Crippen LogP contribution >= 0.6 is 15.9 Å². The Labute approximate surface area is 104 Å². The molecule has 92 valence electrons. The van der Waals surface area contributed by atoms with E-state index in [4.69, 9.17) is 5.26 Å². The molecule has 0 aliphatic carbocycles. The molecule has 1 heterocycles. The van der Waals surface area contributed by atoms with Crippen LogP contribution in [0.25, 0.3) is 0 Å². The molecule has 1 aromatic rings. The van der Waals surface area contributed by atoms with Gasteiger partial charge in [0.2, 0.25) is 0 Å². The van der Waals surface area contributed by atoms with Gasteiger partial charge in [-0.3, -0.25) is 4.98 Å². The first-order valence-corrected chi connectivity index (χ1v) is 5.67. The zero-order valence-electron chi connectivity index (χ0n) is 8.81. The number of alkyl halides is 4. The third-order valence-electron chi connectivity index (χ3n) is 1.89. The number of rotatable bonds is 3. The zero-order chi connectivity index (χ0) is 13.1. The van der Waals surface area contributed by atoms with E-state index in [2.05, 4.69) is 25.7 Å². The summed E-state index contributed by atoms with van der Waals surface area (Å²) in [5.74, 6) is -0.309. The van der Waals surface area contributed by atoms with E-state index < -0.39 is 6.36 Å². The van der Waals surface area contributed by atoms with Crippen LogP contribution in [0.5, 0.6) is 5.75 Å². The van der Waals surface area contributed by atoms with Gasteiger partial charge < -0.3 is 4.74 Å². The molecule has 0 aliphatic rings. The van der Waals surface area contributed by atoms with E-state index >= 15 is 0 Å². The molecule has 1 aromatic heterocycles. The van der Waals surface area contributed by atoms with Gasteiger partial charge >= 0.3 is 6.36 Å². The van der Waals surface area contributed by atoms with Gasteiger partial charge in [-0.1, -0.05) is 15.9 Å². The van der Waals surface area contributed by atoms with Gasteiger partial charge in [-0.25, -0.2) is 0 Å². The molecular weight excluding hydrogens is 301 g/mol. The molecule has 0 unspecified atom stereocenters. The summed E-state index contributed by atoms with van der Waals surface area (Å²) in [7, 11) is 0. The summed E-state index contributed by atoms with van der Waals surface area (Å²) in [5, 5.41) is 8.71. The first kappa shape index (κ1) is 13.8. The van der Waals surface area contributed by atoms with Gasteiger partial charge in [0.25, 0.3) is 0 Å². The van der Waals surface area contributed by atoms with E-state index in [1.807, 2.05) is 6.07 Å². The highest BCUT2D eigenvalue weighted by Crippen LogP contribution is 2.30. The average molecular weight is 309 g/mol. The van der Waals surface area contributed by atoms with Crippen LogP contribution in [-0.4, -0.2) is 11.3 Å². The first-order chi connectivity index (χ1) is 7.87. The molecular formula is C10H8BrF3N2O. The van der Waals surface area contributed by atoms with Gasteiger partial charge in [0.1, 0.15) is 0 Å². The maximum absolute atomic E-state index is 12.2. The predicted molar refractivity (Wildman–Crippen MR) is 57.6 cm³/mol. The van der Waals surface area contributed by atoms with Crippen LogP contribution in [0, 0.1) is 18.3 Å². The minimum atomic E-state index is -4.75. The highest BCUT2D eigenvalue weighted by atomic mass is 79.9. The Morgan fingerprint density at radius 3 is 2.65 bits per heavy atom. The van der Waals surface area contributed by atoms with E-state index in [0.717, 1.165) is 0 Å². The number of aromatic nitrogens is 1. The topological polar surface area (TPSA) is 45.9 Å². The van der Waals surface area contributed by atoms with E-state index in [-0.39, 0.29) is 23.2 Å². The van der Waals surface area contributed by atoms with Crippen molar-refractivity contribution in [1.29, 1.82) is 5.26 Å². The fourth-order valence-electron chi connectivity index (χ4n) is 1.32. The zero-order valence-corrected chi connectivity index (χ0v) is 10.4. The van der Waals surface area contributed by atoms with E-state index in [9.17, 15) is 13.2 Å². The Morgan fingerprint density at radius 2 is 2.18 bits per heavy atom. The van der Waals surface area contributed by atoms with Crippen LogP contribution in [0.3, 0.4) is 0 Å². The molecule has 1 rings (SSSR count). The number of pyridine rings is 1. The molecule has 0 amide bonds. The van der Waals surface area contributed by atoms with Gasteiger partial charge in [-0.15, -0.1) is 13.2 Å². The molecule has 0 aromatic carbocycles. The highest BCUT2D eigenvalue weighted by Gasteiger charge is 2.33. The normalized spacial score (nSPS) is 11.1. The third kappa shape index (κ3) is 3.89. The van der Waals surface area contributed by atoms with Crippen LogP contribution < -0.4 is 4.74 Å².